The first-order valence-corrected chi connectivity index (χ1v) is 6.40. The first-order chi connectivity index (χ1) is 7.36. The molecule has 3 nitrogen and oxygen atoms in total. The monoisotopic (exact) mass is 225 g/mol. The summed E-state index contributed by atoms with van der Waals surface area (Å²) < 4.78 is 0. The summed E-state index contributed by atoms with van der Waals surface area (Å²) in [6.45, 7) is 11.9. The van der Waals surface area contributed by atoms with E-state index in [0.717, 1.165) is 31.9 Å². The summed E-state index contributed by atoms with van der Waals surface area (Å²) in [5, 5.41) is 8.34. The molecular weight excluding hydrogens is 198 g/mol. The van der Waals surface area contributed by atoms with E-state index in [1.54, 1.807) is 0 Å². The summed E-state index contributed by atoms with van der Waals surface area (Å²) in [6.07, 6.45) is 2.30. The van der Waals surface area contributed by atoms with Crippen LogP contribution in [0.5, 0.6) is 0 Å². The molecule has 1 N–H and O–H groups in total. The van der Waals surface area contributed by atoms with Crippen molar-refractivity contribution in [1.82, 2.24) is 9.80 Å². The van der Waals surface area contributed by atoms with Gasteiger partial charge in [0, 0.05) is 24.5 Å². The van der Waals surface area contributed by atoms with E-state index in [0.29, 0.717) is 6.04 Å². The van der Waals surface area contributed by atoms with Gasteiger partial charge in [-0.3, -0.25) is 5.41 Å². The fourth-order valence-electron chi connectivity index (χ4n) is 2.32. The summed E-state index contributed by atoms with van der Waals surface area (Å²) in [4.78, 5) is 4.72. The van der Waals surface area contributed by atoms with Gasteiger partial charge in [0.05, 0.1) is 0 Å². The third-order valence-corrected chi connectivity index (χ3v) is 3.37. The van der Waals surface area contributed by atoms with E-state index in [1.165, 1.54) is 6.42 Å². The van der Waals surface area contributed by atoms with Crippen molar-refractivity contribution in [3.63, 3.8) is 0 Å². The van der Waals surface area contributed by atoms with Crippen LogP contribution in [0.4, 0.5) is 0 Å². The third kappa shape index (κ3) is 3.21. The number of likely N-dealkylation sites (N-methyl/N-ethyl adjacent to an activating group) is 1. The Hall–Kier alpha value is -0.570. The molecular formula is C13H27N3. The summed E-state index contributed by atoms with van der Waals surface area (Å²) >= 11 is 0. The summed E-state index contributed by atoms with van der Waals surface area (Å²) in [5.41, 5.74) is -0.0314. The van der Waals surface area contributed by atoms with E-state index < -0.39 is 0 Å². The zero-order valence-corrected chi connectivity index (χ0v) is 11.5. The highest BCUT2D eigenvalue weighted by Gasteiger charge is 2.29. The van der Waals surface area contributed by atoms with Gasteiger partial charge in [-0.2, -0.15) is 0 Å². The Morgan fingerprint density at radius 2 is 1.94 bits per heavy atom. The fourth-order valence-corrected chi connectivity index (χ4v) is 2.32. The van der Waals surface area contributed by atoms with Gasteiger partial charge in [-0.05, 0) is 26.4 Å². The molecule has 0 spiro atoms. The Bertz CT molecular complexity index is 242. The Labute approximate surface area is 100 Å². The minimum Gasteiger partial charge on any atom is -0.356 e. The number of nitrogens with one attached hydrogen (secondary N) is 1. The molecule has 0 bridgehead atoms. The van der Waals surface area contributed by atoms with Crippen molar-refractivity contribution < 1.29 is 0 Å². The fraction of sp³-hybridized carbons (Fsp3) is 0.923. The maximum atomic E-state index is 8.34. The Kier molecular flexibility index (Phi) is 4.36. The summed E-state index contributed by atoms with van der Waals surface area (Å²) in [6, 6.07) is 0.513. The van der Waals surface area contributed by atoms with E-state index in [4.69, 9.17) is 5.41 Å². The van der Waals surface area contributed by atoms with Crippen LogP contribution in [0.25, 0.3) is 0 Å². The van der Waals surface area contributed by atoms with Crippen LogP contribution in [0.3, 0.4) is 0 Å². The van der Waals surface area contributed by atoms with Crippen LogP contribution in [0.2, 0.25) is 0 Å². The molecule has 3 heteroatoms. The minimum absolute atomic E-state index is 0.0314. The smallest absolute Gasteiger partial charge is 0.102 e. The second-order valence-electron chi connectivity index (χ2n) is 5.97. The molecule has 0 aromatic heterocycles. The highest BCUT2D eigenvalue weighted by molar-refractivity contribution is 5.84. The van der Waals surface area contributed by atoms with Crippen molar-refractivity contribution in [3.8, 4) is 0 Å². The second-order valence-corrected chi connectivity index (χ2v) is 5.97. The van der Waals surface area contributed by atoms with Gasteiger partial charge >= 0.3 is 0 Å². The zero-order chi connectivity index (χ0) is 12.3. The van der Waals surface area contributed by atoms with Gasteiger partial charge < -0.3 is 9.80 Å². The van der Waals surface area contributed by atoms with E-state index in [1.807, 2.05) is 0 Å². The molecule has 1 aliphatic heterocycles. The van der Waals surface area contributed by atoms with E-state index in [2.05, 4.69) is 44.5 Å². The van der Waals surface area contributed by atoms with Crippen molar-refractivity contribution in [1.29, 1.82) is 5.41 Å². The molecule has 0 aromatic carbocycles. The third-order valence-electron chi connectivity index (χ3n) is 3.37. The molecule has 0 aromatic rings. The van der Waals surface area contributed by atoms with E-state index >= 15 is 0 Å². The largest absolute Gasteiger partial charge is 0.356 e. The number of nitrogens with zero attached hydrogens (tertiary/aromatic N) is 2. The summed E-state index contributed by atoms with van der Waals surface area (Å²) in [5.74, 6) is 0.801. The molecule has 1 atom stereocenters. The predicted molar refractivity (Wildman–Crippen MR) is 70.1 cm³/mol. The molecule has 1 heterocycles. The van der Waals surface area contributed by atoms with Gasteiger partial charge in [0.2, 0.25) is 0 Å². The standard InChI is InChI=1S/C13H27N3/c1-6-11-10-15(5)8-7-9-16(11)12(14)13(2,3)4/h11,14H,6-10H2,1-5H3. The lowest BCUT2D eigenvalue weighted by Gasteiger charge is -2.37. The van der Waals surface area contributed by atoms with Gasteiger partial charge in [-0.15, -0.1) is 0 Å². The molecule has 1 unspecified atom stereocenters. The number of amidine groups is 1. The van der Waals surface area contributed by atoms with Gasteiger partial charge in [0.1, 0.15) is 5.84 Å². The molecule has 94 valence electrons. The van der Waals surface area contributed by atoms with Crippen molar-refractivity contribution in [2.24, 2.45) is 5.41 Å². The average molecular weight is 225 g/mol. The molecule has 16 heavy (non-hydrogen) atoms. The molecule has 0 radical (unpaired) electrons. The molecule has 0 aliphatic carbocycles. The number of hydrogen-bond acceptors (Lipinski definition) is 2. The summed E-state index contributed by atoms with van der Waals surface area (Å²) in [7, 11) is 2.19. The lowest BCUT2D eigenvalue weighted by atomic mass is 9.93. The topological polar surface area (TPSA) is 30.3 Å². The van der Waals surface area contributed by atoms with Crippen LogP contribution in [-0.2, 0) is 0 Å². The highest BCUT2D eigenvalue weighted by atomic mass is 15.3. The number of hydrogen-bond donors (Lipinski definition) is 1. The van der Waals surface area contributed by atoms with Crippen molar-refractivity contribution >= 4 is 5.84 Å². The van der Waals surface area contributed by atoms with Crippen molar-refractivity contribution in [2.45, 2.75) is 46.6 Å². The lowest BCUT2D eigenvalue weighted by Crippen LogP contribution is -2.47. The second kappa shape index (κ2) is 5.17. The van der Waals surface area contributed by atoms with Crippen LogP contribution < -0.4 is 0 Å². The maximum absolute atomic E-state index is 8.34. The Balaban J connectivity index is 2.79. The van der Waals surface area contributed by atoms with Gasteiger partial charge in [-0.25, -0.2) is 0 Å². The predicted octanol–water partition coefficient (Wildman–Crippen LogP) is 2.43. The average Bonchev–Trinajstić information content (AvgIpc) is 2.36. The van der Waals surface area contributed by atoms with E-state index in [9.17, 15) is 0 Å². The minimum atomic E-state index is -0.0314. The van der Waals surface area contributed by atoms with Crippen LogP contribution in [0, 0.1) is 10.8 Å². The molecule has 1 saturated heterocycles. The Morgan fingerprint density at radius 3 is 2.44 bits per heavy atom. The Morgan fingerprint density at radius 1 is 1.31 bits per heavy atom. The molecule has 1 aliphatic rings. The SMILES string of the molecule is CCC1CN(C)CCCN1C(=N)C(C)(C)C. The maximum Gasteiger partial charge on any atom is 0.102 e. The van der Waals surface area contributed by atoms with Crippen LogP contribution in [0.1, 0.15) is 40.5 Å². The van der Waals surface area contributed by atoms with Crippen LogP contribution >= 0.6 is 0 Å². The number of rotatable bonds is 1. The van der Waals surface area contributed by atoms with Gasteiger partial charge in [0.25, 0.3) is 0 Å². The first-order valence-electron chi connectivity index (χ1n) is 6.40. The van der Waals surface area contributed by atoms with Crippen molar-refractivity contribution in [3.05, 3.63) is 0 Å². The highest BCUT2D eigenvalue weighted by Crippen LogP contribution is 2.22. The zero-order valence-electron chi connectivity index (χ0n) is 11.5. The first kappa shape index (κ1) is 13.5. The molecule has 1 fully saturated rings. The van der Waals surface area contributed by atoms with Crippen molar-refractivity contribution in [2.75, 3.05) is 26.7 Å². The molecule has 0 saturated carbocycles. The van der Waals surface area contributed by atoms with E-state index in [-0.39, 0.29) is 5.41 Å². The molecule has 1 rings (SSSR count). The quantitative estimate of drug-likeness (QED) is 0.549. The van der Waals surface area contributed by atoms with Crippen LogP contribution in [-0.4, -0.2) is 48.4 Å². The lowest BCUT2D eigenvalue weighted by molar-refractivity contribution is 0.248. The van der Waals surface area contributed by atoms with Gasteiger partial charge in [-0.1, -0.05) is 27.7 Å². The van der Waals surface area contributed by atoms with Gasteiger partial charge in [0.15, 0.2) is 0 Å². The molecule has 0 amide bonds. The van der Waals surface area contributed by atoms with Crippen LogP contribution in [0.15, 0.2) is 0 Å². The normalized spacial score (nSPS) is 24.3.